The maximum atomic E-state index is 9.50. The molecule has 1 unspecified atom stereocenters. The van der Waals surface area contributed by atoms with E-state index >= 15 is 0 Å². The summed E-state index contributed by atoms with van der Waals surface area (Å²) in [6, 6.07) is 14.7. The van der Waals surface area contributed by atoms with Crippen LogP contribution in [0.3, 0.4) is 0 Å². The minimum Gasteiger partial charge on any atom is -0.394 e. The molecule has 0 spiro atoms. The Morgan fingerprint density at radius 1 is 1.06 bits per heavy atom. The Morgan fingerprint density at radius 3 is 2.44 bits per heavy atom. The fraction of sp³-hybridized carbons (Fsp3) is 0.375. The molecule has 1 atom stereocenters. The standard InChI is InChI=1S/C16H21NO/c1-12(2)10-17-16(11-18)15-8-7-13-5-3-4-6-14(13)9-15/h3-9,12,16-18H,10-11H2,1-2H3. The van der Waals surface area contributed by atoms with Crippen LogP contribution in [0, 0.1) is 5.92 Å². The summed E-state index contributed by atoms with van der Waals surface area (Å²) in [5, 5.41) is 15.4. The molecule has 2 aromatic rings. The molecule has 0 aliphatic heterocycles. The Kier molecular flexibility index (Phi) is 4.34. The molecule has 0 amide bonds. The van der Waals surface area contributed by atoms with Gasteiger partial charge in [0.25, 0.3) is 0 Å². The number of aliphatic hydroxyl groups excluding tert-OH is 1. The summed E-state index contributed by atoms with van der Waals surface area (Å²) in [5.41, 5.74) is 1.15. The van der Waals surface area contributed by atoms with E-state index < -0.39 is 0 Å². The zero-order chi connectivity index (χ0) is 13.0. The predicted octanol–water partition coefficient (Wildman–Crippen LogP) is 3.12. The van der Waals surface area contributed by atoms with Gasteiger partial charge in [0.15, 0.2) is 0 Å². The third kappa shape index (κ3) is 3.09. The zero-order valence-corrected chi connectivity index (χ0v) is 11.1. The quantitative estimate of drug-likeness (QED) is 0.845. The molecule has 0 aromatic heterocycles. The monoisotopic (exact) mass is 243 g/mol. The Labute approximate surface area is 109 Å². The molecule has 96 valence electrons. The summed E-state index contributed by atoms with van der Waals surface area (Å²) >= 11 is 0. The van der Waals surface area contributed by atoms with Crippen LogP contribution >= 0.6 is 0 Å². The Bertz CT molecular complexity index is 507. The third-order valence-electron chi connectivity index (χ3n) is 3.13. The van der Waals surface area contributed by atoms with Crippen LogP contribution in [0.15, 0.2) is 42.5 Å². The van der Waals surface area contributed by atoms with Crippen LogP contribution in [0.25, 0.3) is 10.8 Å². The molecular weight excluding hydrogens is 222 g/mol. The van der Waals surface area contributed by atoms with E-state index in [9.17, 15) is 5.11 Å². The molecule has 0 bridgehead atoms. The van der Waals surface area contributed by atoms with Crippen molar-refractivity contribution in [2.24, 2.45) is 5.92 Å². The molecular formula is C16H21NO. The molecule has 2 N–H and O–H groups in total. The first-order valence-corrected chi connectivity index (χ1v) is 6.53. The summed E-state index contributed by atoms with van der Waals surface area (Å²) in [7, 11) is 0. The fourth-order valence-electron chi connectivity index (χ4n) is 2.09. The van der Waals surface area contributed by atoms with Gasteiger partial charge in [-0.05, 0) is 34.9 Å². The molecule has 0 saturated heterocycles. The van der Waals surface area contributed by atoms with E-state index in [1.165, 1.54) is 10.8 Å². The molecule has 0 heterocycles. The van der Waals surface area contributed by atoms with Crippen LogP contribution in [0.2, 0.25) is 0 Å². The molecule has 2 heteroatoms. The van der Waals surface area contributed by atoms with Crippen molar-refractivity contribution in [2.75, 3.05) is 13.2 Å². The zero-order valence-electron chi connectivity index (χ0n) is 11.1. The van der Waals surface area contributed by atoms with Gasteiger partial charge in [-0.25, -0.2) is 0 Å². The second-order valence-electron chi connectivity index (χ2n) is 5.14. The lowest BCUT2D eigenvalue weighted by molar-refractivity contribution is 0.241. The van der Waals surface area contributed by atoms with Gasteiger partial charge in [0.2, 0.25) is 0 Å². The number of hydrogen-bond donors (Lipinski definition) is 2. The summed E-state index contributed by atoms with van der Waals surface area (Å²) < 4.78 is 0. The number of aliphatic hydroxyl groups is 1. The normalized spacial score (nSPS) is 13.1. The molecule has 0 saturated carbocycles. The van der Waals surface area contributed by atoms with Crippen molar-refractivity contribution in [2.45, 2.75) is 19.9 Å². The van der Waals surface area contributed by atoms with E-state index in [0.717, 1.165) is 12.1 Å². The van der Waals surface area contributed by atoms with E-state index in [-0.39, 0.29) is 12.6 Å². The van der Waals surface area contributed by atoms with Crippen LogP contribution in [0.4, 0.5) is 0 Å². The van der Waals surface area contributed by atoms with Crippen molar-refractivity contribution in [3.63, 3.8) is 0 Å². The Morgan fingerprint density at radius 2 is 1.78 bits per heavy atom. The van der Waals surface area contributed by atoms with Gasteiger partial charge in [0.1, 0.15) is 0 Å². The molecule has 2 aromatic carbocycles. The van der Waals surface area contributed by atoms with Crippen LogP contribution in [0.1, 0.15) is 25.5 Å². The highest BCUT2D eigenvalue weighted by atomic mass is 16.3. The fourth-order valence-corrected chi connectivity index (χ4v) is 2.09. The SMILES string of the molecule is CC(C)CNC(CO)c1ccc2ccccc2c1. The lowest BCUT2D eigenvalue weighted by atomic mass is 10.0. The van der Waals surface area contributed by atoms with E-state index in [1.807, 2.05) is 12.1 Å². The first kappa shape index (κ1) is 13.1. The minimum absolute atomic E-state index is 0.0250. The van der Waals surface area contributed by atoms with Gasteiger partial charge in [0.05, 0.1) is 12.6 Å². The van der Waals surface area contributed by atoms with Crippen LogP contribution in [-0.2, 0) is 0 Å². The van der Waals surface area contributed by atoms with Crippen molar-refractivity contribution in [1.82, 2.24) is 5.32 Å². The van der Waals surface area contributed by atoms with E-state index in [2.05, 4.69) is 49.5 Å². The molecule has 18 heavy (non-hydrogen) atoms. The second kappa shape index (κ2) is 5.98. The topological polar surface area (TPSA) is 32.3 Å². The van der Waals surface area contributed by atoms with Gasteiger partial charge < -0.3 is 10.4 Å². The maximum absolute atomic E-state index is 9.50. The first-order chi connectivity index (χ1) is 8.70. The molecule has 0 radical (unpaired) electrons. The lowest BCUT2D eigenvalue weighted by Gasteiger charge is -2.18. The summed E-state index contributed by atoms with van der Waals surface area (Å²) in [4.78, 5) is 0. The van der Waals surface area contributed by atoms with Gasteiger partial charge in [-0.2, -0.15) is 0 Å². The van der Waals surface area contributed by atoms with Gasteiger partial charge >= 0.3 is 0 Å². The molecule has 0 fully saturated rings. The summed E-state index contributed by atoms with van der Waals surface area (Å²) in [6.45, 7) is 5.38. The largest absolute Gasteiger partial charge is 0.394 e. The highest BCUT2D eigenvalue weighted by Gasteiger charge is 2.10. The van der Waals surface area contributed by atoms with Crippen molar-refractivity contribution >= 4 is 10.8 Å². The molecule has 0 aliphatic carbocycles. The summed E-state index contributed by atoms with van der Waals surface area (Å²) in [5.74, 6) is 0.583. The van der Waals surface area contributed by atoms with Gasteiger partial charge in [-0.3, -0.25) is 0 Å². The Hall–Kier alpha value is -1.38. The van der Waals surface area contributed by atoms with Crippen molar-refractivity contribution in [3.05, 3.63) is 48.0 Å². The average molecular weight is 243 g/mol. The van der Waals surface area contributed by atoms with Crippen LogP contribution in [0.5, 0.6) is 0 Å². The summed E-state index contributed by atoms with van der Waals surface area (Å²) in [6.07, 6.45) is 0. The predicted molar refractivity (Wildman–Crippen MR) is 76.6 cm³/mol. The second-order valence-corrected chi connectivity index (χ2v) is 5.14. The first-order valence-electron chi connectivity index (χ1n) is 6.53. The van der Waals surface area contributed by atoms with Crippen LogP contribution < -0.4 is 5.32 Å². The van der Waals surface area contributed by atoms with E-state index in [1.54, 1.807) is 0 Å². The molecule has 2 nitrogen and oxygen atoms in total. The highest BCUT2D eigenvalue weighted by molar-refractivity contribution is 5.83. The number of rotatable bonds is 5. The van der Waals surface area contributed by atoms with E-state index in [4.69, 9.17) is 0 Å². The smallest absolute Gasteiger partial charge is 0.0626 e. The number of fused-ring (bicyclic) bond motifs is 1. The van der Waals surface area contributed by atoms with E-state index in [0.29, 0.717) is 5.92 Å². The van der Waals surface area contributed by atoms with Crippen molar-refractivity contribution in [3.8, 4) is 0 Å². The maximum Gasteiger partial charge on any atom is 0.0626 e. The van der Waals surface area contributed by atoms with Crippen molar-refractivity contribution < 1.29 is 5.11 Å². The number of benzene rings is 2. The number of nitrogens with one attached hydrogen (secondary N) is 1. The number of hydrogen-bond acceptors (Lipinski definition) is 2. The molecule has 2 rings (SSSR count). The molecule has 0 aliphatic rings. The lowest BCUT2D eigenvalue weighted by Crippen LogP contribution is -2.27. The van der Waals surface area contributed by atoms with Crippen LogP contribution in [-0.4, -0.2) is 18.3 Å². The third-order valence-corrected chi connectivity index (χ3v) is 3.13. The highest BCUT2D eigenvalue weighted by Crippen LogP contribution is 2.20. The van der Waals surface area contributed by atoms with Gasteiger partial charge in [-0.15, -0.1) is 0 Å². The Balaban J connectivity index is 2.22. The minimum atomic E-state index is 0.0250. The van der Waals surface area contributed by atoms with Gasteiger partial charge in [0, 0.05) is 0 Å². The van der Waals surface area contributed by atoms with Crippen molar-refractivity contribution in [1.29, 1.82) is 0 Å². The average Bonchev–Trinajstić information content (AvgIpc) is 2.39. The van der Waals surface area contributed by atoms with Gasteiger partial charge in [-0.1, -0.05) is 50.2 Å².